The van der Waals surface area contributed by atoms with Gasteiger partial charge in [0.25, 0.3) is 5.56 Å². The van der Waals surface area contributed by atoms with Crippen molar-refractivity contribution in [3.8, 4) is 11.3 Å². The maximum atomic E-state index is 12.3. The van der Waals surface area contributed by atoms with Gasteiger partial charge in [0.15, 0.2) is 0 Å². The molecule has 0 bridgehead atoms. The lowest BCUT2D eigenvalue weighted by Gasteiger charge is -2.09. The van der Waals surface area contributed by atoms with Crippen molar-refractivity contribution >= 4 is 22.4 Å². The van der Waals surface area contributed by atoms with Gasteiger partial charge >= 0.3 is 0 Å². The Hall–Kier alpha value is -3.74. The smallest absolute Gasteiger partial charge is 0.272 e. The number of nitrogens with one attached hydrogen (secondary N) is 2. The minimum Gasteiger partial charge on any atom is -0.337 e. The predicted octanol–water partition coefficient (Wildman–Crippen LogP) is 3.60. The Morgan fingerprint density at radius 3 is 2.76 bits per heavy atom. The number of rotatable bonds is 7. The van der Waals surface area contributed by atoms with Crippen LogP contribution in [0.2, 0.25) is 0 Å². The predicted molar refractivity (Wildman–Crippen MR) is 113 cm³/mol. The van der Waals surface area contributed by atoms with Crippen molar-refractivity contribution in [2.75, 3.05) is 5.32 Å². The van der Waals surface area contributed by atoms with Gasteiger partial charge in [0.05, 0.1) is 17.4 Å². The summed E-state index contributed by atoms with van der Waals surface area (Å²) in [6.45, 7) is 0.855. The number of hydrogen-bond donors (Lipinski definition) is 2. The number of amides is 1. The molecule has 0 aliphatic heterocycles. The van der Waals surface area contributed by atoms with E-state index in [-0.39, 0.29) is 11.5 Å². The second-order valence-electron chi connectivity index (χ2n) is 6.83. The van der Waals surface area contributed by atoms with Gasteiger partial charge in [0.1, 0.15) is 0 Å². The first-order chi connectivity index (χ1) is 14.2. The Morgan fingerprint density at radius 1 is 1.07 bits per heavy atom. The minimum absolute atomic E-state index is 0.0212. The highest BCUT2D eigenvalue weighted by molar-refractivity contribution is 5.95. The molecule has 0 aliphatic rings. The molecule has 0 radical (unpaired) electrons. The van der Waals surface area contributed by atoms with Crippen LogP contribution in [0.15, 0.2) is 72.0 Å². The average Bonchev–Trinajstić information content (AvgIpc) is 3.25. The molecule has 7 heteroatoms. The van der Waals surface area contributed by atoms with Gasteiger partial charge in [-0.1, -0.05) is 30.3 Å². The minimum atomic E-state index is -0.218. The molecular formula is C22H21N5O2. The van der Waals surface area contributed by atoms with Gasteiger partial charge in [0, 0.05) is 42.0 Å². The van der Waals surface area contributed by atoms with Crippen LogP contribution < -0.4 is 10.9 Å². The molecule has 146 valence electrons. The van der Waals surface area contributed by atoms with Crippen molar-refractivity contribution in [3.63, 3.8) is 0 Å². The molecule has 2 aromatic carbocycles. The summed E-state index contributed by atoms with van der Waals surface area (Å²) >= 11 is 0. The number of H-pyrrole nitrogens is 1. The number of aromatic nitrogens is 4. The molecule has 1 amide bonds. The highest BCUT2D eigenvalue weighted by atomic mass is 16.1. The van der Waals surface area contributed by atoms with Crippen LogP contribution in [0.4, 0.5) is 5.69 Å². The molecule has 0 saturated carbocycles. The second kappa shape index (κ2) is 8.52. The molecule has 0 unspecified atom stereocenters. The van der Waals surface area contributed by atoms with Gasteiger partial charge in [-0.3, -0.25) is 9.59 Å². The number of benzene rings is 2. The van der Waals surface area contributed by atoms with Gasteiger partial charge in [-0.25, -0.2) is 10.1 Å². The zero-order valence-electron chi connectivity index (χ0n) is 15.8. The third-order valence-electron chi connectivity index (χ3n) is 4.75. The number of unbranched alkanes of at least 4 members (excludes halogenated alkanes) is 1. The first kappa shape index (κ1) is 18.6. The fourth-order valence-corrected chi connectivity index (χ4v) is 3.30. The number of fused-ring (bicyclic) bond motifs is 1. The number of aryl methyl sites for hydroxylation is 1. The van der Waals surface area contributed by atoms with Gasteiger partial charge in [0.2, 0.25) is 5.91 Å². The molecule has 29 heavy (non-hydrogen) atoms. The number of carbonyl (C=O) groups excluding carboxylic acids is 1. The molecule has 2 N–H and O–H groups in total. The zero-order valence-corrected chi connectivity index (χ0v) is 15.8. The summed E-state index contributed by atoms with van der Waals surface area (Å²) in [4.78, 5) is 28.3. The zero-order chi connectivity index (χ0) is 20.1. The van der Waals surface area contributed by atoms with Crippen LogP contribution in [0.1, 0.15) is 19.3 Å². The Labute approximate surface area is 167 Å². The van der Waals surface area contributed by atoms with Gasteiger partial charge in [-0.15, -0.1) is 0 Å². The summed E-state index contributed by atoms with van der Waals surface area (Å²) in [6, 6.07) is 14.8. The molecule has 0 aliphatic carbocycles. The van der Waals surface area contributed by atoms with Crippen LogP contribution in [0, 0.1) is 0 Å². The van der Waals surface area contributed by atoms with E-state index in [1.807, 2.05) is 53.2 Å². The first-order valence-electron chi connectivity index (χ1n) is 9.54. The number of nitrogens with zero attached hydrogens (tertiary/aromatic N) is 3. The Bertz CT molecular complexity index is 1180. The molecule has 0 fully saturated rings. The number of carbonyl (C=O) groups is 1. The lowest BCUT2D eigenvalue weighted by atomic mass is 10.0. The number of anilines is 1. The van der Waals surface area contributed by atoms with E-state index in [0.29, 0.717) is 23.2 Å². The van der Waals surface area contributed by atoms with Crippen LogP contribution in [0.25, 0.3) is 22.0 Å². The molecular weight excluding hydrogens is 366 g/mol. The highest BCUT2D eigenvalue weighted by Gasteiger charge is 2.10. The second-order valence-corrected chi connectivity index (χ2v) is 6.83. The molecule has 0 atom stereocenters. The monoisotopic (exact) mass is 387 g/mol. The summed E-state index contributed by atoms with van der Waals surface area (Å²) in [5.41, 5.74) is 2.00. The number of hydrogen-bond acceptors (Lipinski definition) is 4. The number of aromatic amines is 1. The molecule has 4 rings (SSSR count). The van der Waals surface area contributed by atoms with Gasteiger partial charge in [-0.05, 0) is 31.0 Å². The first-order valence-corrected chi connectivity index (χ1v) is 9.54. The summed E-state index contributed by atoms with van der Waals surface area (Å²) in [5, 5.41) is 11.1. The van der Waals surface area contributed by atoms with Crippen molar-refractivity contribution in [1.82, 2.24) is 19.7 Å². The van der Waals surface area contributed by atoms with Crippen LogP contribution >= 0.6 is 0 Å². The lowest BCUT2D eigenvalue weighted by Crippen LogP contribution is -2.12. The maximum absolute atomic E-state index is 12.3. The standard InChI is InChI=1S/C22H21N5O2/c28-20(10-3-4-12-27-13-11-23-15-27)24-17-7-5-6-16(14-17)21-18-8-1-2-9-19(18)22(29)26-25-21/h1-2,5-9,11,13-15H,3-4,10,12H2,(H,24,28)(H,26,29). The largest absolute Gasteiger partial charge is 0.337 e. The summed E-state index contributed by atoms with van der Waals surface area (Å²) in [6.07, 6.45) is 7.62. The maximum Gasteiger partial charge on any atom is 0.272 e. The van der Waals surface area contributed by atoms with E-state index in [1.165, 1.54) is 0 Å². The van der Waals surface area contributed by atoms with Crippen molar-refractivity contribution in [3.05, 3.63) is 77.6 Å². The van der Waals surface area contributed by atoms with Crippen molar-refractivity contribution in [2.24, 2.45) is 0 Å². The molecule has 0 saturated heterocycles. The molecule has 4 aromatic rings. The number of imidazole rings is 1. The topological polar surface area (TPSA) is 92.7 Å². The highest BCUT2D eigenvalue weighted by Crippen LogP contribution is 2.26. The van der Waals surface area contributed by atoms with E-state index in [4.69, 9.17) is 0 Å². The van der Waals surface area contributed by atoms with Crippen LogP contribution in [-0.2, 0) is 11.3 Å². The third-order valence-corrected chi connectivity index (χ3v) is 4.75. The van der Waals surface area contributed by atoms with Crippen molar-refractivity contribution in [1.29, 1.82) is 0 Å². The van der Waals surface area contributed by atoms with Crippen molar-refractivity contribution < 1.29 is 4.79 Å². The quantitative estimate of drug-likeness (QED) is 0.474. The Morgan fingerprint density at radius 2 is 1.93 bits per heavy atom. The summed E-state index contributed by atoms with van der Waals surface area (Å²) in [7, 11) is 0. The summed E-state index contributed by atoms with van der Waals surface area (Å²) < 4.78 is 2.00. The van der Waals surface area contributed by atoms with E-state index in [2.05, 4.69) is 20.5 Å². The van der Waals surface area contributed by atoms with Gasteiger partial charge < -0.3 is 9.88 Å². The van der Waals surface area contributed by atoms with E-state index in [9.17, 15) is 9.59 Å². The Balaban J connectivity index is 1.43. The van der Waals surface area contributed by atoms with E-state index >= 15 is 0 Å². The van der Waals surface area contributed by atoms with E-state index < -0.39 is 0 Å². The van der Waals surface area contributed by atoms with E-state index in [0.717, 1.165) is 30.3 Å². The molecule has 2 heterocycles. The van der Waals surface area contributed by atoms with E-state index in [1.54, 1.807) is 18.6 Å². The SMILES string of the molecule is O=C(CCCCn1ccnc1)Nc1cccc(-c2n[nH]c(=O)c3ccccc23)c1. The van der Waals surface area contributed by atoms with Crippen molar-refractivity contribution in [2.45, 2.75) is 25.8 Å². The van der Waals surface area contributed by atoms with Crippen LogP contribution in [-0.4, -0.2) is 25.7 Å². The normalized spacial score (nSPS) is 10.9. The molecule has 2 aromatic heterocycles. The lowest BCUT2D eigenvalue weighted by molar-refractivity contribution is -0.116. The van der Waals surface area contributed by atoms with Gasteiger partial charge in [-0.2, -0.15) is 5.10 Å². The third kappa shape index (κ3) is 4.40. The average molecular weight is 387 g/mol. The van der Waals surface area contributed by atoms with Crippen LogP contribution in [0.3, 0.4) is 0 Å². The fraction of sp³-hybridized carbons (Fsp3) is 0.182. The Kier molecular flexibility index (Phi) is 5.47. The molecule has 7 nitrogen and oxygen atoms in total. The summed E-state index contributed by atoms with van der Waals surface area (Å²) in [5.74, 6) is -0.0212. The van der Waals surface area contributed by atoms with Crippen LogP contribution in [0.5, 0.6) is 0 Å². The molecule has 0 spiro atoms. The fourth-order valence-electron chi connectivity index (χ4n) is 3.30.